The van der Waals surface area contributed by atoms with E-state index in [-0.39, 0.29) is 12.5 Å². The molecule has 3 rings (SSSR count). The molecule has 2 N–H and O–H groups in total. The lowest BCUT2D eigenvalue weighted by Gasteiger charge is -2.27. The first-order chi connectivity index (χ1) is 10.7. The second kappa shape index (κ2) is 6.77. The first kappa shape index (κ1) is 15.5. The summed E-state index contributed by atoms with van der Waals surface area (Å²) in [6, 6.07) is 0. The Kier molecular flexibility index (Phi) is 4.76. The third kappa shape index (κ3) is 3.48. The van der Waals surface area contributed by atoms with Crippen LogP contribution in [0.4, 0.5) is 0 Å². The van der Waals surface area contributed by atoms with Crippen molar-refractivity contribution in [1.29, 1.82) is 0 Å². The minimum Gasteiger partial charge on any atom is -0.394 e. The lowest BCUT2D eigenvalue weighted by atomic mass is 9.98. The quantitative estimate of drug-likeness (QED) is 0.840. The number of hydrogen-bond donors (Lipinski definition) is 2. The van der Waals surface area contributed by atoms with Crippen LogP contribution in [0.15, 0.2) is 4.52 Å². The molecule has 2 fully saturated rings. The molecule has 22 heavy (non-hydrogen) atoms. The number of aliphatic hydroxyl groups excluding tert-OH is 1. The average Bonchev–Trinajstić information content (AvgIpc) is 3.26. The summed E-state index contributed by atoms with van der Waals surface area (Å²) in [5.41, 5.74) is -0.402. The van der Waals surface area contributed by atoms with Crippen molar-refractivity contribution < 1.29 is 14.4 Å². The van der Waals surface area contributed by atoms with Crippen molar-refractivity contribution in [3.63, 3.8) is 0 Å². The maximum absolute atomic E-state index is 12.1. The molecule has 0 radical (unpaired) electrons. The highest BCUT2D eigenvalue weighted by Gasteiger charge is 2.34. The number of nitrogens with one attached hydrogen (secondary N) is 1. The van der Waals surface area contributed by atoms with E-state index in [1.54, 1.807) is 0 Å². The molecule has 1 amide bonds. The lowest BCUT2D eigenvalue weighted by Crippen LogP contribution is -2.49. The molecule has 6 heteroatoms. The van der Waals surface area contributed by atoms with Crippen LogP contribution in [0.5, 0.6) is 0 Å². The first-order valence-electron chi connectivity index (χ1n) is 8.45. The lowest BCUT2D eigenvalue weighted by molar-refractivity contribution is -0.123. The number of aryl methyl sites for hydroxylation is 1. The van der Waals surface area contributed by atoms with Crippen molar-refractivity contribution in [1.82, 2.24) is 15.5 Å². The van der Waals surface area contributed by atoms with Gasteiger partial charge < -0.3 is 14.9 Å². The molecule has 0 bridgehead atoms. The monoisotopic (exact) mass is 307 g/mol. The second-order valence-electron chi connectivity index (χ2n) is 6.72. The van der Waals surface area contributed by atoms with Crippen LogP contribution in [0, 0.1) is 0 Å². The summed E-state index contributed by atoms with van der Waals surface area (Å²) in [5, 5.41) is 16.6. The number of nitrogens with zero attached hydrogens (tertiary/aromatic N) is 2. The van der Waals surface area contributed by atoms with Gasteiger partial charge in [-0.05, 0) is 25.7 Å². The number of carbonyl (C=O) groups is 1. The Bertz CT molecular complexity index is 502. The largest absolute Gasteiger partial charge is 0.394 e. The van der Waals surface area contributed by atoms with Gasteiger partial charge >= 0.3 is 0 Å². The topological polar surface area (TPSA) is 88.2 Å². The van der Waals surface area contributed by atoms with Gasteiger partial charge in [-0.1, -0.05) is 30.8 Å². The zero-order chi connectivity index (χ0) is 15.4. The van der Waals surface area contributed by atoms with E-state index in [1.807, 2.05) is 0 Å². The Morgan fingerprint density at radius 1 is 1.27 bits per heavy atom. The van der Waals surface area contributed by atoms with Gasteiger partial charge in [0.15, 0.2) is 5.82 Å². The van der Waals surface area contributed by atoms with Crippen LogP contribution in [0.1, 0.15) is 75.4 Å². The van der Waals surface area contributed by atoms with E-state index in [9.17, 15) is 9.90 Å². The van der Waals surface area contributed by atoms with Crippen LogP contribution in [0.25, 0.3) is 0 Å². The normalized spacial score (nSPS) is 21.3. The summed E-state index contributed by atoms with van der Waals surface area (Å²) in [7, 11) is 0. The van der Waals surface area contributed by atoms with Gasteiger partial charge in [0, 0.05) is 18.8 Å². The van der Waals surface area contributed by atoms with Gasteiger partial charge in [0.05, 0.1) is 12.1 Å². The molecule has 0 atom stereocenters. The molecule has 0 spiro atoms. The molecular formula is C16H25N3O3. The summed E-state index contributed by atoms with van der Waals surface area (Å²) in [6.45, 7) is 0.0190. The van der Waals surface area contributed by atoms with Gasteiger partial charge in [0.2, 0.25) is 11.8 Å². The number of aromatic nitrogens is 2. The van der Waals surface area contributed by atoms with Crippen LogP contribution in [0.3, 0.4) is 0 Å². The van der Waals surface area contributed by atoms with E-state index in [4.69, 9.17) is 4.52 Å². The van der Waals surface area contributed by atoms with Crippen LogP contribution < -0.4 is 5.32 Å². The predicted octanol–water partition coefficient (Wildman–Crippen LogP) is 2.08. The molecule has 0 saturated heterocycles. The summed E-state index contributed by atoms with van der Waals surface area (Å²) in [6.07, 6.45) is 9.40. The van der Waals surface area contributed by atoms with Gasteiger partial charge in [-0.25, -0.2) is 0 Å². The Morgan fingerprint density at radius 2 is 2.00 bits per heavy atom. The fourth-order valence-electron chi connectivity index (χ4n) is 3.67. The fraction of sp³-hybridized carbons (Fsp3) is 0.812. The molecule has 1 aromatic heterocycles. The van der Waals surface area contributed by atoms with E-state index in [2.05, 4.69) is 15.5 Å². The maximum Gasteiger partial charge on any atom is 0.227 e. The van der Waals surface area contributed by atoms with Crippen molar-refractivity contribution in [2.45, 2.75) is 75.7 Å². The van der Waals surface area contributed by atoms with Crippen molar-refractivity contribution in [3.05, 3.63) is 11.7 Å². The third-order valence-electron chi connectivity index (χ3n) is 5.04. The highest BCUT2D eigenvalue weighted by Crippen LogP contribution is 2.32. The van der Waals surface area contributed by atoms with Gasteiger partial charge in [-0.15, -0.1) is 0 Å². The Hall–Kier alpha value is -1.43. The average molecular weight is 307 g/mol. The third-order valence-corrected chi connectivity index (χ3v) is 5.04. The Balaban J connectivity index is 1.48. The van der Waals surface area contributed by atoms with E-state index in [0.717, 1.165) is 44.3 Å². The Labute approximate surface area is 130 Å². The standard InChI is InChI=1S/C16H25N3O3/c20-11-16(9-3-4-10-16)18-13(21)7-8-14-17-15(19-22-14)12-5-1-2-6-12/h12,20H,1-11H2,(H,18,21). The number of rotatable bonds is 6. The zero-order valence-electron chi connectivity index (χ0n) is 13.0. The minimum atomic E-state index is -0.402. The highest BCUT2D eigenvalue weighted by atomic mass is 16.5. The predicted molar refractivity (Wildman–Crippen MR) is 80.3 cm³/mol. The molecule has 0 aromatic carbocycles. The van der Waals surface area contributed by atoms with E-state index >= 15 is 0 Å². The molecule has 2 aliphatic carbocycles. The molecule has 0 unspecified atom stereocenters. The summed E-state index contributed by atoms with van der Waals surface area (Å²) < 4.78 is 5.26. The molecule has 2 aliphatic rings. The number of hydrogen-bond acceptors (Lipinski definition) is 5. The molecule has 1 aromatic rings. The molecule has 122 valence electrons. The summed E-state index contributed by atoms with van der Waals surface area (Å²) in [4.78, 5) is 16.5. The molecule has 2 saturated carbocycles. The number of amides is 1. The summed E-state index contributed by atoms with van der Waals surface area (Å²) in [5.74, 6) is 1.73. The fourth-order valence-corrected chi connectivity index (χ4v) is 3.67. The van der Waals surface area contributed by atoms with Crippen LogP contribution >= 0.6 is 0 Å². The SMILES string of the molecule is O=C(CCc1nc(C2CCCC2)no1)NC1(CO)CCCC1. The molecule has 6 nitrogen and oxygen atoms in total. The smallest absolute Gasteiger partial charge is 0.227 e. The first-order valence-corrected chi connectivity index (χ1v) is 8.45. The van der Waals surface area contributed by atoms with Crippen LogP contribution in [-0.2, 0) is 11.2 Å². The van der Waals surface area contributed by atoms with Crippen molar-refractivity contribution in [2.75, 3.05) is 6.61 Å². The maximum atomic E-state index is 12.1. The summed E-state index contributed by atoms with van der Waals surface area (Å²) >= 11 is 0. The van der Waals surface area contributed by atoms with E-state index in [0.29, 0.717) is 24.7 Å². The van der Waals surface area contributed by atoms with Crippen molar-refractivity contribution in [3.8, 4) is 0 Å². The molecule has 0 aliphatic heterocycles. The van der Waals surface area contributed by atoms with Gasteiger partial charge in [-0.3, -0.25) is 4.79 Å². The van der Waals surface area contributed by atoms with Gasteiger partial charge in [0.1, 0.15) is 0 Å². The second-order valence-corrected chi connectivity index (χ2v) is 6.72. The number of carbonyl (C=O) groups excluding carboxylic acids is 1. The van der Waals surface area contributed by atoms with Crippen molar-refractivity contribution >= 4 is 5.91 Å². The van der Waals surface area contributed by atoms with Crippen molar-refractivity contribution in [2.24, 2.45) is 0 Å². The number of aliphatic hydroxyl groups is 1. The van der Waals surface area contributed by atoms with E-state index in [1.165, 1.54) is 12.8 Å². The molecule has 1 heterocycles. The highest BCUT2D eigenvalue weighted by molar-refractivity contribution is 5.77. The molecular weight excluding hydrogens is 282 g/mol. The zero-order valence-corrected chi connectivity index (χ0v) is 13.0. The minimum absolute atomic E-state index is 0.0190. The van der Waals surface area contributed by atoms with E-state index < -0.39 is 5.54 Å². The van der Waals surface area contributed by atoms with Gasteiger partial charge in [0.25, 0.3) is 0 Å². The van der Waals surface area contributed by atoms with Gasteiger partial charge in [-0.2, -0.15) is 4.98 Å². The van der Waals surface area contributed by atoms with Crippen LogP contribution in [0.2, 0.25) is 0 Å². The Morgan fingerprint density at radius 3 is 2.68 bits per heavy atom. The van der Waals surface area contributed by atoms with Crippen LogP contribution in [-0.4, -0.2) is 33.3 Å².